The molecule has 4 rings (SSSR count). The summed E-state index contributed by atoms with van der Waals surface area (Å²) in [5.41, 5.74) is 2.52. The number of nitrogens with zero attached hydrogens (tertiary/aromatic N) is 1. The first-order valence-electron chi connectivity index (χ1n) is 10.6. The highest BCUT2D eigenvalue weighted by molar-refractivity contribution is 6.51. The third-order valence-electron chi connectivity index (χ3n) is 5.75. The molecule has 3 aromatic carbocycles. The van der Waals surface area contributed by atoms with Crippen molar-refractivity contribution in [2.75, 3.05) is 19.1 Å². The fourth-order valence-electron chi connectivity index (χ4n) is 3.97. The summed E-state index contributed by atoms with van der Waals surface area (Å²) >= 11 is 0. The van der Waals surface area contributed by atoms with E-state index in [2.05, 4.69) is 0 Å². The Bertz CT molecular complexity index is 1290. The maximum absolute atomic E-state index is 13.3. The zero-order valence-electron chi connectivity index (χ0n) is 18.9. The van der Waals surface area contributed by atoms with Gasteiger partial charge in [-0.3, -0.25) is 14.5 Å². The van der Waals surface area contributed by atoms with Crippen LogP contribution in [0.25, 0.3) is 5.76 Å². The van der Waals surface area contributed by atoms with Gasteiger partial charge in [0.2, 0.25) is 0 Å². The second kappa shape index (κ2) is 9.23. The first-order chi connectivity index (χ1) is 16.3. The number of amides is 1. The Hall–Kier alpha value is -4.39. The van der Waals surface area contributed by atoms with Crippen LogP contribution in [-0.4, -0.2) is 37.0 Å². The van der Waals surface area contributed by atoms with Gasteiger partial charge in [-0.1, -0.05) is 48.0 Å². The van der Waals surface area contributed by atoms with Gasteiger partial charge in [0.1, 0.15) is 11.5 Å². The number of esters is 1. The van der Waals surface area contributed by atoms with Crippen molar-refractivity contribution >= 4 is 29.1 Å². The Morgan fingerprint density at radius 3 is 2.21 bits per heavy atom. The number of rotatable bonds is 5. The Morgan fingerprint density at radius 2 is 1.59 bits per heavy atom. The fourth-order valence-corrected chi connectivity index (χ4v) is 3.97. The number of Topliss-reactive ketones (excluding diaryl/α,β-unsaturated/α-hetero) is 1. The average Bonchev–Trinajstić information content (AvgIpc) is 3.14. The Morgan fingerprint density at radius 1 is 0.912 bits per heavy atom. The molecule has 0 radical (unpaired) electrons. The van der Waals surface area contributed by atoms with Crippen molar-refractivity contribution in [3.63, 3.8) is 0 Å². The number of anilines is 1. The summed E-state index contributed by atoms with van der Waals surface area (Å²) in [5, 5.41) is 11.2. The maximum atomic E-state index is 13.3. The molecule has 1 N–H and O–H groups in total. The first-order valence-corrected chi connectivity index (χ1v) is 10.6. The number of hydrogen-bond donors (Lipinski definition) is 1. The lowest BCUT2D eigenvalue weighted by molar-refractivity contribution is -0.132. The van der Waals surface area contributed by atoms with Crippen LogP contribution in [-0.2, 0) is 14.3 Å². The predicted molar refractivity (Wildman–Crippen MR) is 127 cm³/mol. The van der Waals surface area contributed by atoms with Crippen LogP contribution in [0.2, 0.25) is 0 Å². The van der Waals surface area contributed by atoms with Crippen molar-refractivity contribution in [2.24, 2.45) is 0 Å². The normalized spacial score (nSPS) is 17.0. The number of carbonyl (C=O) groups is 3. The quantitative estimate of drug-likeness (QED) is 0.264. The summed E-state index contributed by atoms with van der Waals surface area (Å²) in [6, 6.07) is 19.3. The zero-order valence-corrected chi connectivity index (χ0v) is 18.9. The average molecular weight is 457 g/mol. The number of benzene rings is 3. The summed E-state index contributed by atoms with van der Waals surface area (Å²) in [6.45, 7) is 1.91. The molecule has 1 amide bonds. The SMILES string of the molecule is COC(=O)c1cccc(N2C(=O)C(=O)/C(=C(/O)c3ccc(C)cc3)C2c2ccc(OC)cc2)c1. The standard InChI is InChI=1S/C27H23NO6/c1-16-7-9-18(10-8-16)24(29)22-23(17-11-13-21(33-2)14-12-17)28(26(31)25(22)30)20-6-4-5-19(15-20)27(32)34-3/h4-15,23,29H,1-3H3/b24-22+. The van der Waals surface area contributed by atoms with Crippen LogP contribution in [0.1, 0.15) is 33.1 Å². The molecule has 0 aliphatic carbocycles. The van der Waals surface area contributed by atoms with Crippen LogP contribution in [0.5, 0.6) is 5.75 Å². The molecule has 7 nitrogen and oxygen atoms in total. The van der Waals surface area contributed by atoms with E-state index in [4.69, 9.17) is 9.47 Å². The lowest BCUT2D eigenvalue weighted by Gasteiger charge is -2.26. The van der Waals surface area contributed by atoms with Gasteiger partial charge in [0.05, 0.1) is 31.4 Å². The summed E-state index contributed by atoms with van der Waals surface area (Å²) in [6.07, 6.45) is 0. The maximum Gasteiger partial charge on any atom is 0.337 e. The second-order valence-electron chi connectivity index (χ2n) is 7.85. The molecular weight excluding hydrogens is 434 g/mol. The lowest BCUT2D eigenvalue weighted by Crippen LogP contribution is -2.29. The number of methoxy groups -OCH3 is 2. The summed E-state index contributed by atoms with van der Waals surface area (Å²) in [5.74, 6) is -1.87. The summed E-state index contributed by atoms with van der Waals surface area (Å²) in [4.78, 5) is 39.8. The van der Waals surface area contributed by atoms with Gasteiger partial charge < -0.3 is 14.6 Å². The van der Waals surface area contributed by atoms with Crippen LogP contribution in [0.3, 0.4) is 0 Å². The number of aliphatic hydroxyl groups is 1. The van der Waals surface area contributed by atoms with Crippen LogP contribution in [0.4, 0.5) is 5.69 Å². The fraction of sp³-hybridized carbons (Fsp3) is 0.148. The first kappa shape index (κ1) is 22.8. The van der Waals surface area contributed by atoms with Crippen molar-refractivity contribution in [3.05, 3.63) is 101 Å². The molecule has 0 bridgehead atoms. The Balaban J connectivity index is 1.92. The number of ether oxygens (including phenoxy) is 2. The van der Waals surface area contributed by atoms with Crippen molar-refractivity contribution in [1.29, 1.82) is 0 Å². The molecule has 1 fully saturated rings. The number of aryl methyl sites for hydroxylation is 1. The molecular formula is C27H23NO6. The molecule has 34 heavy (non-hydrogen) atoms. The predicted octanol–water partition coefficient (Wildman–Crippen LogP) is 4.42. The molecule has 0 spiro atoms. The molecule has 1 atom stereocenters. The van der Waals surface area contributed by atoms with Gasteiger partial charge in [0.15, 0.2) is 0 Å². The molecule has 0 aromatic heterocycles. The van der Waals surface area contributed by atoms with E-state index in [-0.39, 0.29) is 16.9 Å². The highest BCUT2D eigenvalue weighted by atomic mass is 16.5. The smallest absolute Gasteiger partial charge is 0.337 e. The number of aliphatic hydroxyl groups excluding tert-OH is 1. The van der Waals surface area contributed by atoms with Gasteiger partial charge in [-0.15, -0.1) is 0 Å². The lowest BCUT2D eigenvalue weighted by atomic mass is 9.94. The third-order valence-corrected chi connectivity index (χ3v) is 5.75. The van der Waals surface area contributed by atoms with E-state index >= 15 is 0 Å². The van der Waals surface area contributed by atoms with Crippen molar-refractivity contribution in [2.45, 2.75) is 13.0 Å². The molecule has 3 aromatic rings. The minimum atomic E-state index is -0.917. The highest BCUT2D eigenvalue weighted by Gasteiger charge is 2.47. The van der Waals surface area contributed by atoms with Gasteiger partial charge in [-0.2, -0.15) is 0 Å². The van der Waals surface area contributed by atoms with E-state index in [9.17, 15) is 19.5 Å². The van der Waals surface area contributed by atoms with Gasteiger partial charge in [-0.05, 0) is 42.8 Å². The topological polar surface area (TPSA) is 93.1 Å². The number of carbonyl (C=O) groups excluding carboxylic acids is 3. The minimum Gasteiger partial charge on any atom is -0.507 e. The zero-order chi connectivity index (χ0) is 24.4. The molecule has 1 aliphatic rings. The van der Waals surface area contributed by atoms with Crippen LogP contribution in [0.15, 0.2) is 78.4 Å². The largest absolute Gasteiger partial charge is 0.507 e. The van der Waals surface area contributed by atoms with E-state index in [0.29, 0.717) is 22.6 Å². The highest BCUT2D eigenvalue weighted by Crippen LogP contribution is 2.42. The van der Waals surface area contributed by atoms with Gasteiger partial charge in [-0.25, -0.2) is 4.79 Å². The molecule has 172 valence electrons. The van der Waals surface area contributed by atoms with E-state index in [0.717, 1.165) is 5.56 Å². The minimum absolute atomic E-state index is 0.0394. The van der Waals surface area contributed by atoms with Crippen LogP contribution >= 0.6 is 0 Å². The Kier molecular flexibility index (Phi) is 6.19. The third kappa shape index (κ3) is 4.03. The van der Waals surface area contributed by atoms with Crippen LogP contribution < -0.4 is 9.64 Å². The summed E-state index contributed by atoms with van der Waals surface area (Å²) < 4.78 is 10.0. The van der Waals surface area contributed by atoms with E-state index in [1.165, 1.54) is 25.2 Å². The Labute approximate surface area is 196 Å². The monoisotopic (exact) mass is 457 g/mol. The second-order valence-corrected chi connectivity index (χ2v) is 7.85. The van der Waals surface area contributed by atoms with Gasteiger partial charge >= 0.3 is 5.97 Å². The van der Waals surface area contributed by atoms with E-state index < -0.39 is 23.7 Å². The van der Waals surface area contributed by atoms with Crippen molar-refractivity contribution in [3.8, 4) is 5.75 Å². The van der Waals surface area contributed by atoms with Crippen molar-refractivity contribution in [1.82, 2.24) is 0 Å². The molecule has 0 saturated carbocycles. The van der Waals surface area contributed by atoms with E-state index in [1.807, 2.05) is 19.1 Å². The molecule has 1 unspecified atom stereocenters. The molecule has 1 saturated heterocycles. The summed E-state index contributed by atoms with van der Waals surface area (Å²) in [7, 11) is 2.80. The van der Waals surface area contributed by atoms with E-state index in [1.54, 1.807) is 54.6 Å². The van der Waals surface area contributed by atoms with Gasteiger partial charge in [0, 0.05) is 11.3 Å². The molecule has 1 heterocycles. The number of hydrogen-bond acceptors (Lipinski definition) is 6. The van der Waals surface area contributed by atoms with Crippen LogP contribution in [0, 0.1) is 6.92 Å². The molecule has 1 aliphatic heterocycles. The van der Waals surface area contributed by atoms with Crippen molar-refractivity contribution < 1.29 is 29.0 Å². The number of ketones is 1. The van der Waals surface area contributed by atoms with Gasteiger partial charge in [0.25, 0.3) is 11.7 Å². The molecule has 7 heteroatoms.